The van der Waals surface area contributed by atoms with Crippen LogP contribution in [-0.2, 0) is 13.0 Å². The van der Waals surface area contributed by atoms with Crippen LogP contribution in [0.1, 0.15) is 52.8 Å². The van der Waals surface area contributed by atoms with Gasteiger partial charge < -0.3 is 18.8 Å². The molecule has 6 nitrogen and oxygen atoms in total. The first-order chi connectivity index (χ1) is 15.5. The van der Waals surface area contributed by atoms with E-state index < -0.39 is 0 Å². The summed E-state index contributed by atoms with van der Waals surface area (Å²) in [5.41, 5.74) is 3.69. The highest BCUT2D eigenvalue weighted by Crippen LogP contribution is 2.34. The van der Waals surface area contributed by atoms with Crippen molar-refractivity contribution in [1.29, 1.82) is 0 Å². The molecule has 1 aromatic heterocycles. The Kier molecular flexibility index (Phi) is 6.30. The second kappa shape index (κ2) is 9.30. The van der Waals surface area contributed by atoms with Crippen molar-refractivity contribution < 1.29 is 23.5 Å². The maximum absolute atomic E-state index is 13.1. The minimum Gasteiger partial charge on any atom is -0.490 e. The standard InChI is InChI=1S/C26H27NO5/c1-4-30-24-14-20-12-13-27(16-21(20)15-25(24)31-5-2)26(29)23-11-10-22(32-23)19-8-6-18(7-9-19)17(3)28/h6-11,14-15H,4-5,12-13,16H2,1-3H3. The first kappa shape index (κ1) is 21.7. The Labute approximate surface area is 187 Å². The van der Waals surface area contributed by atoms with E-state index in [1.54, 1.807) is 29.2 Å². The monoisotopic (exact) mass is 433 g/mol. The minimum atomic E-state index is -0.144. The second-order valence-corrected chi connectivity index (χ2v) is 7.71. The summed E-state index contributed by atoms with van der Waals surface area (Å²) >= 11 is 0. The Morgan fingerprint density at radius 3 is 2.22 bits per heavy atom. The summed E-state index contributed by atoms with van der Waals surface area (Å²) in [7, 11) is 0. The molecule has 0 radical (unpaired) electrons. The van der Waals surface area contributed by atoms with Crippen LogP contribution in [-0.4, -0.2) is 36.3 Å². The molecule has 1 amide bonds. The molecule has 0 spiro atoms. The van der Waals surface area contributed by atoms with Crippen LogP contribution >= 0.6 is 0 Å². The van der Waals surface area contributed by atoms with E-state index in [-0.39, 0.29) is 11.7 Å². The molecule has 0 unspecified atom stereocenters. The zero-order valence-corrected chi connectivity index (χ0v) is 18.6. The number of hydrogen-bond donors (Lipinski definition) is 0. The lowest BCUT2D eigenvalue weighted by atomic mass is 9.98. The van der Waals surface area contributed by atoms with Gasteiger partial charge in [-0.3, -0.25) is 9.59 Å². The Morgan fingerprint density at radius 1 is 0.938 bits per heavy atom. The molecule has 32 heavy (non-hydrogen) atoms. The Balaban J connectivity index is 1.52. The molecule has 166 valence electrons. The van der Waals surface area contributed by atoms with E-state index in [0.29, 0.717) is 49.1 Å². The molecule has 1 aliphatic heterocycles. The SMILES string of the molecule is CCOc1cc2c(cc1OCC)CN(C(=O)c1ccc(-c3ccc(C(C)=O)cc3)o1)CC2. The molecule has 0 N–H and O–H groups in total. The first-order valence-electron chi connectivity index (χ1n) is 10.9. The van der Waals surface area contributed by atoms with Crippen molar-refractivity contribution in [2.75, 3.05) is 19.8 Å². The van der Waals surface area contributed by atoms with Crippen molar-refractivity contribution in [3.8, 4) is 22.8 Å². The van der Waals surface area contributed by atoms with E-state index in [0.717, 1.165) is 23.3 Å². The van der Waals surface area contributed by atoms with Crippen LogP contribution in [0.4, 0.5) is 0 Å². The number of carbonyl (C=O) groups excluding carboxylic acids is 2. The van der Waals surface area contributed by atoms with Gasteiger partial charge in [0.25, 0.3) is 5.91 Å². The highest BCUT2D eigenvalue weighted by atomic mass is 16.5. The minimum absolute atomic E-state index is 0.0121. The summed E-state index contributed by atoms with van der Waals surface area (Å²) in [6.07, 6.45) is 0.744. The summed E-state index contributed by atoms with van der Waals surface area (Å²) in [5.74, 6) is 2.22. The maximum atomic E-state index is 13.1. The van der Waals surface area contributed by atoms with E-state index in [2.05, 4.69) is 0 Å². The number of rotatable bonds is 7. The van der Waals surface area contributed by atoms with Gasteiger partial charge in [-0.2, -0.15) is 0 Å². The van der Waals surface area contributed by atoms with Gasteiger partial charge in [-0.25, -0.2) is 0 Å². The third-order valence-corrected chi connectivity index (χ3v) is 5.56. The molecular weight excluding hydrogens is 406 g/mol. The van der Waals surface area contributed by atoms with Gasteiger partial charge in [-0.15, -0.1) is 0 Å². The molecule has 0 bridgehead atoms. The van der Waals surface area contributed by atoms with E-state index in [9.17, 15) is 9.59 Å². The largest absolute Gasteiger partial charge is 0.490 e. The predicted molar refractivity (Wildman–Crippen MR) is 121 cm³/mol. The van der Waals surface area contributed by atoms with Crippen LogP contribution in [0.3, 0.4) is 0 Å². The summed E-state index contributed by atoms with van der Waals surface area (Å²) < 4.78 is 17.3. The average molecular weight is 434 g/mol. The Morgan fingerprint density at radius 2 is 1.59 bits per heavy atom. The van der Waals surface area contributed by atoms with Crippen LogP contribution in [0.5, 0.6) is 11.5 Å². The number of hydrogen-bond acceptors (Lipinski definition) is 5. The topological polar surface area (TPSA) is 69.0 Å². The zero-order chi connectivity index (χ0) is 22.7. The summed E-state index contributed by atoms with van der Waals surface area (Å²) in [4.78, 5) is 26.4. The van der Waals surface area contributed by atoms with Crippen LogP contribution in [0.25, 0.3) is 11.3 Å². The molecule has 0 saturated carbocycles. The van der Waals surface area contributed by atoms with Crippen molar-refractivity contribution >= 4 is 11.7 Å². The summed E-state index contributed by atoms with van der Waals surface area (Å²) in [5, 5.41) is 0. The number of ether oxygens (including phenoxy) is 2. The van der Waals surface area contributed by atoms with Gasteiger partial charge >= 0.3 is 0 Å². The lowest BCUT2D eigenvalue weighted by Gasteiger charge is -2.29. The fourth-order valence-electron chi connectivity index (χ4n) is 3.91. The van der Waals surface area contributed by atoms with Crippen LogP contribution < -0.4 is 9.47 Å². The number of Topliss-reactive ketones (excluding diaryl/α,β-unsaturated/α-hetero) is 1. The van der Waals surface area contributed by atoms with Crippen LogP contribution in [0.2, 0.25) is 0 Å². The van der Waals surface area contributed by atoms with Crippen molar-refractivity contribution in [3.05, 3.63) is 71.0 Å². The third-order valence-electron chi connectivity index (χ3n) is 5.56. The van der Waals surface area contributed by atoms with Gasteiger partial charge in [0.15, 0.2) is 23.0 Å². The molecule has 0 atom stereocenters. The number of amides is 1. The maximum Gasteiger partial charge on any atom is 0.289 e. The molecule has 6 heteroatoms. The average Bonchev–Trinajstić information content (AvgIpc) is 3.29. The smallest absolute Gasteiger partial charge is 0.289 e. The van der Waals surface area contributed by atoms with Crippen molar-refractivity contribution in [3.63, 3.8) is 0 Å². The molecule has 3 aromatic rings. The first-order valence-corrected chi connectivity index (χ1v) is 10.9. The molecule has 1 aliphatic rings. The Bertz CT molecular complexity index is 1130. The molecule has 0 fully saturated rings. The van der Waals surface area contributed by atoms with Gasteiger partial charge in [0.2, 0.25) is 0 Å². The molecule has 4 rings (SSSR count). The molecule has 2 heterocycles. The van der Waals surface area contributed by atoms with Crippen molar-refractivity contribution in [2.24, 2.45) is 0 Å². The lowest BCUT2D eigenvalue weighted by molar-refractivity contribution is 0.0703. The fraction of sp³-hybridized carbons (Fsp3) is 0.308. The number of furan rings is 1. The van der Waals surface area contributed by atoms with E-state index >= 15 is 0 Å². The number of benzene rings is 2. The number of carbonyl (C=O) groups is 2. The van der Waals surface area contributed by atoms with E-state index in [1.165, 1.54) is 12.5 Å². The number of ketones is 1. The van der Waals surface area contributed by atoms with Gasteiger partial charge in [-0.05, 0) is 62.6 Å². The predicted octanol–water partition coefficient (Wildman–Crippen LogP) is 5.15. The molecular formula is C26H27NO5. The van der Waals surface area contributed by atoms with Crippen molar-refractivity contribution in [1.82, 2.24) is 4.90 Å². The van der Waals surface area contributed by atoms with Gasteiger partial charge in [0, 0.05) is 24.2 Å². The summed E-state index contributed by atoms with van der Waals surface area (Å²) in [6.45, 7) is 7.63. The van der Waals surface area contributed by atoms with E-state index in [4.69, 9.17) is 13.9 Å². The Hall–Kier alpha value is -3.54. The quantitative estimate of drug-likeness (QED) is 0.482. The molecule has 0 saturated heterocycles. The van der Waals surface area contributed by atoms with Gasteiger partial charge in [0.1, 0.15) is 5.76 Å². The lowest BCUT2D eigenvalue weighted by Crippen LogP contribution is -2.35. The normalized spacial score (nSPS) is 12.9. The van der Waals surface area contributed by atoms with Crippen LogP contribution in [0.15, 0.2) is 52.9 Å². The second-order valence-electron chi connectivity index (χ2n) is 7.71. The van der Waals surface area contributed by atoms with Gasteiger partial charge in [-0.1, -0.05) is 24.3 Å². The number of nitrogens with zero attached hydrogens (tertiary/aromatic N) is 1. The molecule has 0 aliphatic carbocycles. The molecule has 2 aromatic carbocycles. The van der Waals surface area contributed by atoms with Crippen LogP contribution in [0, 0.1) is 0 Å². The third kappa shape index (κ3) is 4.40. The highest BCUT2D eigenvalue weighted by Gasteiger charge is 2.26. The fourth-order valence-corrected chi connectivity index (χ4v) is 3.91. The van der Waals surface area contributed by atoms with E-state index in [1.807, 2.05) is 38.1 Å². The van der Waals surface area contributed by atoms with Gasteiger partial charge in [0.05, 0.1) is 13.2 Å². The van der Waals surface area contributed by atoms with Crippen molar-refractivity contribution in [2.45, 2.75) is 33.7 Å². The number of fused-ring (bicyclic) bond motifs is 1. The zero-order valence-electron chi connectivity index (χ0n) is 18.6. The summed E-state index contributed by atoms with van der Waals surface area (Å²) in [6, 6.07) is 14.7. The highest BCUT2D eigenvalue weighted by molar-refractivity contribution is 5.94.